The lowest BCUT2D eigenvalue weighted by molar-refractivity contribution is 0.415. The molecule has 0 fully saturated rings. The topological polar surface area (TPSA) is 64.6 Å². The number of ether oxygens (including phenoxy) is 1. The van der Waals surface area contributed by atoms with Crippen LogP contribution in [0.25, 0.3) is 10.9 Å². The Bertz CT molecular complexity index is 894. The number of hydrogen-bond donors (Lipinski definition) is 2. The average Bonchev–Trinajstić information content (AvgIpc) is 3.02. The molecule has 0 unspecified atom stereocenters. The Balaban J connectivity index is 0.00000243. The van der Waals surface area contributed by atoms with Gasteiger partial charge in [-0.15, -0.1) is 24.0 Å². The highest BCUT2D eigenvalue weighted by Crippen LogP contribution is 2.27. The Labute approximate surface area is 175 Å². The lowest BCUT2D eigenvalue weighted by Gasteiger charge is -2.08. The first kappa shape index (κ1) is 20.4. The van der Waals surface area contributed by atoms with Gasteiger partial charge in [0.15, 0.2) is 5.96 Å². The van der Waals surface area contributed by atoms with Crippen LogP contribution < -0.4 is 15.8 Å². The number of methoxy groups -OCH3 is 1. The maximum absolute atomic E-state index is 6.10. The molecular formula is C19H22ClIN4O. The van der Waals surface area contributed by atoms with E-state index in [2.05, 4.69) is 51.4 Å². The molecule has 3 aromatic rings. The Hall–Kier alpha value is -1.93. The zero-order valence-electron chi connectivity index (χ0n) is 14.5. The molecule has 1 aromatic heterocycles. The fourth-order valence-electron chi connectivity index (χ4n) is 2.71. The van der Waals surface area contributed by atoms with Crippen LogP contribution in [0.3, 0.4) is 0 Å². The largest absolute Gasteiger partial charge is 0.495 e. The minimum atomic E-state index is 0. The van der Waals surface area contributed by atoms with Crippen molar-refractivity contribution in [2.45, 2.75) is 13.0 Å². The van der Waals surface area contributed by atoms with Crippen molar-refractivity contribution in [3.63, 3.8) is 0 Å². The van der Waals surface area contributed by atoms with Crippen molar-refractivity contribution in [3.8, 4) is 5.75 Å². The number of fused-ring (bicyclic) bond motifs is 1. The van der Waals surface area contributed by atoms with E-state index in [1.165, 1.54) is 10.9 Å². The minimum absolute atomic E-state index is 0. The van der Waals surface area contributed by atoms with Gasteiger partial charge in [-0.3, -0.25) is 4.99 Å². The number of nitrogens with one attached hydrogen (secondary N) is 1. The SMILES string of the molecule is COc1ccc(NC(N)=NCCCn2ccc3ccccc32)cc1Cl.I. The summed E-state index contributed by atoms with van der Waals surface area (Å²) in [6, 6.07) is 15.9. The van der Waals surface area contributed by atoms with Gasteiger partial charge in [-0.2, -0.15) is 0 Å². The third-order valence-corrected chi connectivity index (χ3v) is 4.24. The van der Waals surface area contributed by atoms with E-state index in [4.69, 9.17) is 22.1 Å². The second-order valence-electron chi connectivity index (χ2n) is 5.66. The molecule has 0 aliphatic rings. The number of aromatic nitrogens is 1. The van der Waals surface area contributed by atoms with Gasteiger partial charge in [0.1, 0.15) is 5.75 Å². The maximum Gasteiger partial charge on any atom is 0.193 e. The van der Waals surface area contributed by atoms with Crippen molar-refractivity contribution in [1.29, 1.82) is 0 Å². The molecule has 7 heteroatoms. The third kappa shape index (κ3) is 5.04. The van der Waals surface area contributed by atoms with Crippen LogP contribution in [0.2, 0.25) is 5.02 Å². The zero-order valence-corrected chi connectivity index (χ0v) is 17.6. The monoisotopic (exact) mass is 484 g/mol. The molecule has 0 aliphatic carbocycles. The van der Waals surface area contributed by atoms with Gasteiger partial charge in [-0.1, -0.05) is 29.8 Å². The predicted octanol–water partition coefficient (Wildman–Crippen LogP) is 4.74. The van der Waals surface area contributed by atoms with Gasteiger partial charge < -0.3 is 20.4 Å². The van der Waals surface area contributed by atoms with Gasteiger partial charge in [-0.05, 0) is 42.1 Å². The first-order valence-corrected chi connectivity index (χ1v) is 8.49. The molecule has 138 valence electrons. The normalized spacial score (nSPS) is 11.2. The summed E-state index contributed by atoms with van der Waals surface area (Å²) in [6.07, 6.45) is 3.01. The number of nitrogens with two attached hydrogens (primary N) is 1. The molecular weight excluding hydrogens is 463 g/mol. The molecule has 0 amide bonds. The highest BCUT2D eigenvalue weighted by Gasteiger charge is 2.03. The lowest BCUT2D eigenvalue weighted by atomic mass is 10.2. The second-order valence-corrected chi connectivity index (χ2v) is 6.07. The molecule has 0 aliphatic heterocycles. The number of nitrogens with zero attached hydrogens (tertiary/aromatic N) is 2. The molecule has 0 radical (unpaired) electrons. The van der Waals surface area contributed by atoms with E-state index in [-0.39, 0.29) is 24.0 Å². The van der Waals surface area contributed by atoms with E-state index in [1.807, 2.05) is 6.07 Å². The molecule has 2 aromatic carbocycles. The molecule has 1 heterocycles. The second kappa shape index (κ2) is 9.68. The van der Waals surface area contributed by atoms with Gasteiger partial charge in [0.25, 0.3) is 0 Å². The van der Waals surface area contributed by atoms with Crippen molar-refractivity contribution >= 4 is 58.1 Å². The van der Waals surface area contributed by atoms with Crippen molar-refractivity contribution in [2.24, 2.45) is 10.7 Å². The first-order chi connectivity index (χ1) is 12.2. The van der Waals surface area contributed by atoms with Crippen LogP contribution in [0.4, 0.5) is 5.69 Å². The molecule has 0 saturated heterocycles. The number of aliphatic imine (C=N–C) groups is 1. The summed E-state index contributed by atoms with van der Waals surface area (Å²) in [5.74, 6) is 1.00. The quantitative estimate of drug-likeness (QED) is 0.230. The Kier molecular flexibility index (Phi) is 7.59. The molecule has 0 saturated carbocycles. The average molecular weight is 485 g/mol. The van der Waals surface area contributed by atoms with Gasteiger partial charge >= 0.3 is 0 Å². The molecule has 3 N–H and O–H groups in total. The van der Waals surface area contributed by atoms with E-state index < -0.39 is 0 Å². The smallest absolute Gasteiger partial charge is 0.193 e. The summed E-state index contributed by atoms with van der Waals surface area (Å²) in [7, 11) is 1.58. The number of rotatable bonds is 6. The fraction of sp³-hybridized carbons (Fsp3) is 0.211. The van der Waals surface area contributed by atoms with Crippen molar-refractivity contribution < 1.29 is 4.74 Å². The Morgan fingerprint density at radius 1 is 1.23 bits per heavy atom. The van der Waals surface area contributed by atoms with E-state index in [0.29, 0.717) is 23.3 Å². The number of aryl methyl sites for hydroxylation is 1. The molecule has 26 heavy (non-hydrogen) atoms. The number of benzene rings is 2. The molecule has 0 atom stereocenters. The summed E-state index contributed by atoms with van der Waals surface area (Å²) in [5, 5.41) is 4.82. The van der Waals surface area contributed by atoms with Crippen LogP contribution in [0.15, 0.2) is 59.7 Å². The molecule has 0 spiro atoms. The molecule has 3 rings (SSSR count). The summed E-state index contributed by atoms with van der Waals surface area (Å²) >= 11 is 6.10. The lowest BCUT2D eigenvalue weighted by Crippen LogP contribution is -2.23. The van der Waals surface area contributed by atoms with Crippen LogP contribution >= 0.6 is 35.6 Å². The van der Waals surface area contributed by atoms with Crippen LogP contribution in [-0.4, -0.2) is 24.2 Å². The molecule has 5 nitrogen and oxygen atoms in total. The summed E-state index contributed by atoms with van der Waals surface area (Å²) < 4.78 is 7.36. The van der Waals surface area contributed by atoms with Crippen LogP contribution in [0.5, 0.6) is 5.75 Å². The van der Waals surface area contributed by atoms with Crippen LogP contribution in [0.1, 0.15) is 6.42 Å². The summed E-state index contributed by atoms with van der Waals surface area (Å²) in [6.45, 7) is 1.55. The Morgan fingerprint density at radius 3 is 2.81 bits per heavy atom. The predicted molar refractivity (Wildman–Crippen MR) is 120 cm³/mol. The number of anilines is 1. The minimum Gasteiger partial charge on any atom is -0.495 e. The highest BCUT2D eigenvalue weighted by molar-refractivity contribution is 14.0. The Morgan fingerprint density at radius 2 is 2.04 bits per heavy atom. The van der Waals surface area contributed by atoms with Gasteiger partial charge in [-0.25, -0.2) is 0 Å². The van der Waals surface area contributed by atoms with E-state index in [1.54, 1.807) is 19.2 Å². The first-order valence-electron chi connectivity index (χ1n) is 8.12. The standard InChI is InChI=1S/C19H21ClN4O.HI/c1-25-18-8-7-15(13-16(18)20)23-19(21)22-10-4-11-24-12-9-14-5-2-3-6-17(14)24;/h2-3,5-9,12-13H,4,10-11H2,1H3,(H3,21,22,23);1H. The highest BCUT2D eigenvalue weighted by atomic mass is 127. The van der Waals surface area contributed by atoms with Crippen LogP contribution in [-0.2, 0) is 6.54 Å². The van der Waals surface area contributed by atoms with Gasteiger partial charge in [0, 0.05) is 30.5 Å². The van der Waals surface area contributed by atoms with E-state index >= 15 is 0 Å². The molecule has 0 bridgehead atoms. The third-order valence-electron chi connectivity index (χ3n) is 3.94. The van der Waals surface area contributed by atoms with Gasteiger partial charge in [0.05, 0.1) is 12.1 Å². The summed E-state index contributed by atoms with van der Waals surface area (Å²) in [5.41, 5.74) is 7.96. The fourth-order valence-corrected chi connectivity index (χ4v) is 2.97. The van der Waals surface area contributed by atoms with Crippen molar-refractivity contribution in [3.05, 3.63) is 59.8 Å². The number of hydrogen-bond acceptors (Lipinski definition) is 2. The maximum atomic E-state index is 6.10. The van der Waals surface area contributed by atoms with Crippen LogP contribution in [0, 0.1) is 0 Å². The number of para-hydroxylation sites is 1. The zero-order chi connectivity index (χ0) is 17.6. The van der Waals surface area contributed by atoms with Crippen molar-refractivity contribution in [1.82, 2.24) is 4.57 Å². The number of guanidine groups is 1. The van der Waals surface area contributed by atoms with E-state index in [0.717, 1.165) is 18.7 Å². The van der Waals surface area contributed by atoms with Crippen molar-refractivity contribution in [2.75, 3.05) is 19.0 Å². The summed E-state index contributed by atoms with van der Waals surface area (Å²) in [4.78, 5) is 4.37. The van der Waals surface area contributed by atoms with E-state index in [9.17, 15) is 0 Å². The number of halogens is 2. The van der Waals surface area contributed by atoms with Gasteiger partial charge in [0.2, 0.25) is 0 Å².